The summed E-state index contributed by atoms with van der Waals surface area (Å²) in [6.07, 6.45) is 3.63. The van der Waals surface area contributed by atoms with Crippen LogP contribution >= 0.6 is 0 Å². The maximum Gasteiger partial charge on any atom is 0.267 e. The van der Waals surface area contributed by atoms with E-state index in [2.05, 4.69) is 20.4 Å². The normalized spacial score (nSPS) is 15.9. The predicted octanol–water partition coefficient (Wildman–Crippen LogP) is 4.09. The van der Waals surface area contributed by atoms with Crippen molar-refractivity contribution in [1.82, 2.24) is 24.6 Å². The van der Waals surface area contributed by atoms with Gasteiger partial charge in [0.1, 0.15) is 5.82 Å². The lowest BCUT2D eigenvalue weighted by Crippen LogP contribution is -2.49. The van der Waals surface area contributed by atoms with Gasteiger partial charge in [0.15, 0.2) is 0 Å². The number of nitrogens with one attached hydrogen (secondary N) is 1. The Morgan fingerprint density at radius 3 is 2.70 bits per heavy atom. The third kappa shape index (κ3) is 4.11. The van der Waals surface area contributed by atoms with Crippen molar-refractivity contribution < 1.29 is 18.0 Å². The van der Waals surface area contributed by atoms with Gasteiger partial charge < -0.3 is 10.2 Å². The van der Waals surface area contributed by atoms with E-state index < -0.39 is 23.7 Å². The van der Waals surface area contributed by atoms with Crippen LogP contribution in [-0.4, -0.2) is 43.6 Å². The Morgan fingerprint density at radius 2 is 2.03 bits per heavy atom. The van der Waals surface area contributed by atoms with Gasteiger partial charge in [-0.25, -0.2) is 23.1 Å². The number of nitrogens with zero attached hydrogens (tertiary/aromatic N) is 6. The van der Waals surface area contributed by atoms with Gasteiger partial charge in [-0.2, -0.15) is 10.4 Å². The SMILES string of the molecule is N#CC1CN(C(=O)c2ccc(-c3nc(Nc4cnn(C5CC5)c4)ncc3C(F)F)cc2F)C1. The maximum absolute atomic E-state index is 14.8. The molecule has 2 fully saturated rings. The van der Waals surface area contributed by atoms with E-state index in [1.54, 1.807) is 12.4 Å². The summed E-state index contributed by atoms with van der Waals surface area (Å²) in [6.45, 7) is 0.481. The fraction of sp³-hybridized carbons (Fsp3) is 0.318. The molecule has 11 heteroatoms. The lowest BCUT2D eigenvalue weighted by atomic mass is 9.99. The first-order chi connectivity index (χ1) is 15.9. The second-order valence-corrected chi connectivity index (χ2v) is 8.09. The van der Waals surface area contributed by atoms with Crippen LogP contribution in [0, 0.1) is 23.1 Å². The molecule has 1 saturated heterocycles. The summed E-state index contributed by atoms with van der Waals surface area (Å²) >= 11 is 0. The minimum absolute atomic E-state index is 0.0634. The van der Waals surface area contributed by atoms with Crippen LogP contribution in [0.5, 0.6) is 0 Å². The van der Waals surface area contributed by atoms with E-state index in [4.69, 9.17) is 5.26 Å². The van der Waals surface area contributed by atoms with Crippen molar-refractivity contribution in [2.75, 3.05) is 18.4 Å². The van der Waals surface area contributed by atoms with Crippen molar-refractivity contribution in [1.29, 1.82) is 5.26 Å². The van der Waals surface area contributed by atoms with Crippen molar-refractivity contribution in [2.24, 2.45) is 5.92 Å². The highest BCUT2D eigenvalue weighted by atomic mass is 19.3. The van der Waals surface area contributed by atoms with Crippen LogP contribution in [0.4, 0.5) is 24.8 Å². The van der Waals surface area contributed by atoms with E-state index in [1.165, 1.54) is 17.0 Å². The highest BCUT2D eigenvalue weighted by Gasteiger charge is 2.32. The Kier molecular flexibility index (Phi) is 5.20. The van der Waals surface area contributed by atoms with Crippen LogP contribution in [0.25, 0.3) is 11.3 Å². The van der Waals surface area contributed by atoms with Crippen molar-refractivity contribution in [3.8, 4) is 17.3 Å². The van der Waals surface area contributed by atoms with Crippen LogP contribution in [0.2, 0.25) is 0 Å². The number of carbonyl (C=O) groups excluding carboxylic acids is 1. The number of amides is 1. The number of nitriles is 1. The van der Waals surface area contributed by atoms with Crippen LogP contribution < -0.4 is 5.32 Å². The standard InChI is InChI=1S/C22H18F3N7O/c23-18-5-13(1-4-16(18)21(33)31-9-12(6-26)10-31)19-17(20(24)25)8-27-22(30-19)29-14-7-28-32(11-14)15-2-3-15/h1,4-5,7-8,11-12,15,20H,2-3,9-10H2,(H,27,29,30). The molecule has 1 N–H and O–H groups in total. The summed E-state index contributed by atoms with van der Waals surface area (Å²) in [5.74, 6) is -1.59. The first-order valence-electron chi connectivity index (χ1n) is 10.4. The van der Waals surface area contributed by atoms with E-state index in [-0.39, 0.29) is 41.8 Å². The Hall–Kier alpha value is -3.94. The molecule has 1 aliphatic carbocycles. The summed E-state index contributed by atoms with van der Waals surface area (Å²) in [6, 6.07) is 6.06. The van der Waals surface area contributed by atoms with Gasteiger partial charge in [-0.05, 0) is 25.0 Å². The second kappa shape index (κ2) is 8.20. The second-order valence-electron chi connectivity index (χ2n) is 8.09. The van der Waals surface area contributed by atoms with Crippen LogP contribution in [0.15, 0.2) is 36.8 Å². The molecule has 1 saturated carbocycles. The van der Waals surface area contributed by atoms with Gasteiger partial charge in [-0.3, -0.25) is 9.48 Å². The van der Waals surface area contributed by atoms with E-state index in [0.29, 0.717) is 11.7 Å². The quantitative estimate of drug-likeness (QED) is 0.604. The molecular weight excluding hydrogens is 435 g/mol. The lowest BCUT2D eigenvalue weighted by molar-refractivity contribution is 0.0572. The van der Waals surface area contributed by atoms with Gasteiger partial charge in [0, 0.05) is 31.0 Å². The highest BCUT2D eigenvalue weighted by molar-refractivity contribution is 5.95. The number of anilines is 2. The Labute approximate surface area is 186 Å². The number of likely N-dealkylation sites (tertiary alicyclic amines) is 1. The number of aromatic nitrogens is 4. The largest absolute Gasteiger partial charge is 0.336 e. The third-order valence-electron chi connectivity index (χ3n) is 5.66. The van der Waals surface area contributed by atoms with Gasteiger partial charge in [-0.1, -0.05) is 6.07 Å². The maximum atomic E-state index is 14.8. The molecule has 2 aromatic heterocycles. The first-order valence-corrected chi connectivity index (χ1v) is 10.4. The zero-order chi connectivity index (χ0) is 23.1. The topological polar surface area (TPSA) is 99.7 Å². The molecule has 1 amide bonds. The molecule has 0 spiro atoms. The van der Waals surface area contributed by atoms with Crippen LogP contribution in [0.3, 0.4) is 0 Å². The Morgan fingerprint density at radius 1 is 1.24 bits per heavy atom. The predicted molar refractivity (Wildman–Crippen MR) is 111 cm³/mol. The smallest absolute Gasteiger partial charge is 0.267 e. The minimum Gasteiger partial charge on any atom is -0.336 e. The number of alkyl halides is 2. The average molecular weight is 453 g/mol. The fourth-order valence-electron chi connectivity index (χ4n) is 3.64. The summed E-state index contributed by atoms with van der Waals surface area (Å²) in [5, 5.41) is 16.0. The number of halogens is 3. The highest BCUT2D eigenvalue weighted by Crippen LogP contribution is 2.35. The lowest BCUT2D eigenvalue weighted by Gasteiger charge is -2.35. The molecule has 0 bridgehead atoms. The monoisotopic (exact) mass is 453 g/mol. The summed E-state index contributed by atoms with van der Waals surface area (Å²) in [5.41, 5.74) is -0.0728. The molecule has 3 aromatic rings. The zero-order valence-electron chi connectivity index (χ0n) is 17.3. The molecule has 3 heterocycles. The van der Waals surface area contributed by atoms with E-state index in [0.717, 1.165) is 25.1 Å². The van der Waals surface area contributed by atoms with Gasteiger partial charge >= 0.3 is 0 Å². The molecule has 33 heavy (non-hydrogen) atoms. The Bertz CT molecular complexity index is 1260. The molecule has 168 valence electrons. The van der Waals surface area contributed by atoms with E-state index >= 15 is 0 Å². The summed E-state index contributed by atoms with van der Waals surface area (Å²) in [4.78, 5) is 22.0. The van der Waals surface area contributed by atoms with Crippen LogP contribution in [-0.2, 0) is 0 Å². The van der Waals surface area contributed by atoms with Crippen molar-refractivity contribution >= 4 is 17.5 Å². The molecular formula is C22H18F3N7O. The van der Waals surface area contributed by atoms with Gasteiger partial charge in [0.05, 0.1) is 46.7 Å². The first kappa shape index (κ1) is 20.9. The molecule has 0 atom stereocenters. The summed E-state index contributed by atoms with van der Waals surface area (Å²) in [7, 11) is 0. The molecule has 1 aliphatic heterocycles. The molecule has 0 radical (unpaired) electrons. The number of carbonyl (C=O) groups is 1. The summed E-state index contributed by atoms with van der Waals surface area (Å²) < 4.78 is 43.8. The molecule has 2 aliphatic rings. The van der Waals surface area contributed by atoms with E-state index in [1.807, 2.05) is 10.8 Å². The van der Waals surface area contributed by atoms with Gasteiger partial charge in [0.2, 0.25) is 5.95 Å². The molecule has 8 nitrogen and oxygen atoms in total. The Balaban J connectivity index is 1.41. The van der Waals surface area contributed by atoms with Crippen molar-refractivity contribution in [2.45, 2.75) is 25.3 Å². The van der Waals surface area contributed by atoms with Crippen LogP contribution in [0.1, 0.15) is 41.2 Å². The number of hydrogen-bond donors (Lipinski definition) is 1. The molecule has 5 rings (SSSR count). The van der Waals surface area contributed by atoms with Gasteiger partial charge in [0.25, 0.3) is 12.3 Å². The van der Waals surface area contributed by atoms with E-state index in [9.17, 15) is 18.0 Å². The fourth-order valence-corrected chi connectivity index (χ4v) is 3.64. The van der Waals surface area contributed by atoms with Crippen molar-refractivity contribution in [3.63, 3.8) is 0 Å². The van der Waals surface area contributed by atoms with Crippen molar-refractivity contribution in [3.05, 3.63) is 53.7 Å². The zero-order valence-corrected chi connectivity index (χ0v) is 17.3. The molecule has 0 unspecified atom stereocenters. The average Bonchev–Trinajstić information content (AvgIpc) is 3.51. The number of hydrogen-bond acceptors (Lipinski definition) is 6. The van der Waals surface area contributed by atoms with Gasteiger partial charge in [-0.15, -0.1) is 0 Å². The molecule has 1 aromatic carbocycles. The minimum atomic E-state index is -2.87. The third-order valence-corrected chi connectivity index (χ3v) is 5.66. The number of rotatable bonds is 6. The number of benzene rings is 1.